The van der Waals surface area contributed by atoms with Gasteiger partial charge in [-0.25, -0.2) is 4.98 Å². The number of hydrogen-bond acceptors (Lipinski definition) is 3. The summed E-state index contributed by atoms with van der Waals surface area (Å²) in [6, 6.07) is 5.65. The van der Waals surface area contributed by atoms with E-state index in [0.717, 1.165) is 12.1 Å². The van der Waals surface area contributed by atoms with Gasteiger partial charge in [0.1, 0.15) is 5.82 Å². The zero-order valence-corrected chi connectivity index (χ0v) is 6.77. The standard InChI is InChI=1S/C9H12N2O/c10-9-3-1-2-8(11-9)7-4-6(7)5-12/h1-3,6-7,12H,4-5H2,(H2,10,11)/t6-,7-/m0/s1. The van der Waals surface area contributed by atoms with Crippen molar-refractivity contribution in [3.05, 3.63) is 23.9 Å². The van der Waals surface area contributed by atoms with Crippen molar-refractivity contribution in [3.8, 4) is 0 Å². The molecular formula is C9H12N2O. The van der Waals surface area contributed by atoms with Gasteiger partial charge in [0.25, 0.3) is 0 Å². The van der Waals surface area contributed by atoms with E-state index >= 15 is 0 Å². The van der Waals surface area contributed by atoms with Crippen molar-refractivity contribution >= 4 is 5.82 Å². The van der Waals surface area contributed by atoms with Crippen LogP contribution in [0, 0.1) is 5.92 Å². The smallest absolute Gasteiger partial charge is 0.123 e. The molecule has 1 aromatic rings. The van der Waals surface area contributed by atoms with E-state index in [4.69, 9.17) is 10.8 Å². The van der Waals surface area contributed by atoms with Gasteiger partial charge < -0.3 is 10.8 Å². The summed E-state index contributed by atoms with van der Waals surface area (Å²) in [5.41, 5.74) is 6.56. The summed E-state index contributed by atoms with van der Waals surface area (Å²) in [5.74, 6) is 1.42. The maximum Gasteiger partial charge on any atom is 0.123 e. The molecule has 0 aliphatic heterocycles. The Bertz CT molecular complexity index is 288. The molecule has 0 bridgehead atoms. The molecule has 0 unspecified atom stereocenters. The summed E-state index contributed by atoms with van der Waals surface area (Å²) in [4.78, 5) is 4.20. The van der Waals surface area contributed by atoms with Crippen LogP contribution in [0.1, 0.15) is 18.0 Å². The lowest BCUT2D eigenvalue weighted by molar-refractivity contribution is 0.273. The molecule has 0 amide bonds. The third kappa shape index (κ3) is 1.28. The molecule has 0 radical (unpaired) electrons. The van der Waals surface area contributed by atoms with Gasteiger partial charge in [-0.05, 0) is 24.5 Å². The molecule has 1 aromatic heterocycles. The second-order valence-corrected chi connectivity index (χ2v) is 3.27. The fourth-order valence-corrected chi connectivity index (χ4v) is 1.49. The summed E-state index contributed by atoms with van der Waals surface area (Å²) in [6.07, 6.45) is 1.05. The van der Waals surface area contributed by atoms with Crippen LogP contribution in [0.15, 0.2) is 18.2 Å². The van der Waals surface area contributed by atoms with Gasteiger partial charge in [-0.1, -0.05) is 6.07 Å². The number of rotatable bonds is 2. The first kappa shape index (κ1) is 7.55. The van der Waals surface area contributed by atoms with Crippen LogP contribution in [-0.4, -0.2) is 16.7 Å². The van der Waals surface area contributed by atoms with Gasteiger partial charge in [-0.3, -0.25) is 0 Å². The highest BCUT2D eigenvalue weighted by Gasteiger charge is 2.38. The topological polar surface area (TPSA) is 59.1 Å². The minimum absolute atomic E-state index is 0.265. The van der Waals surface area contributed by atoms with E-state index in [1.54, 1.807) is 6.07 Å². The van der Waals surface area contributed by atoms with Crippen LogP contribution in [0.4, 0.5) is 5.82 Å². The number of anilines is 1. The molecule has 1 saturated carbocycles. The molecule has 1 aliphatic carbocycles. The van der Waals surface area contributed by atoms with E-state index in [0.29, 0.717) is 17.7 Å². The molecule has 12 heavy (non-hydrogen) atoms. The summed E-state index contributed by atoms with van der Waals surface area (Å²) in [5, 5.41) is 8.85. The fourth-order valence-electron chi connectivity index (χ4n) is 1.49. The van der Waals surface area contributed by atoms with Gasteiger partial charge in [0.15, 0.2) is 0 Å². The van der Waals surface area contributed by atoms with Crippen LogP contribution >= 0.6 is 0 Å². The molecule has 2 atom stereocenters. The fraction of sp³-hybridized carbons (Fsp3) is 0.444. The average molecular weight is 164 g/mol. The lowest BCUT2D eigenvalue weighted by Crippen LogP contribution is -1.95. The van der Waals surface area contributed by atoms with Crippen LogP contribution in [0.25, 0.3) is 0 Å². The number of aromatic nitrogens is 1. The lowest BCUT2D eigenvalue weighted by atomic mass is 10.2. The molecule has 1 fully saturated rings. The second-order valence-electron chi connectivity index (χ2n) is 3.27. The number of aliphatic hydroxyl groups excluding tert-OH is 1. The number of nitrogens with zero attached hydrogens (tertiary/aromatic N) is 1. The predicted octanol–water partition coefficient (Wildman–Crippen LogP) is 0.760. The van der Waals surface area contributed by atoms with Crippen LogP contribution in [0.5, 0.6) is 0 Å². The maximum atomic E-state index is 8.85. The first-order valence-electron chi connectivity index (χ1n) is 4.14. The second kappa shape index (κ2) is 2.75. The summed E-state index contributed by atoms with van der Waals surface area (Å²) < 4.78 is 0. The Morgan fingerprint density at radius 2 is 2.42 bits per heavy atom. The van der Waals surface area contributed by atoms with E-state index in [9.17, 15) is 0 Å². The van der Waals surface area contributed by atoms with Gasteiger partial charge in [-0.2, -0.15) is 0 Å². The van der Waals surface area contributed by atoms with Crippen molar-refractivity contribution in [3.63, 3.8) is 0 Å². The number of nitrogen functional groups attached to an aromatic ring is 1. The van der Waals surface area contributed by atoms with E-state index < -0.39 is 0 Å². The van der Waals surface area contributed by atoms with E-state index in [-0.39, 0.29) is 6.61 Å². The highest BCUT2D eigenvalue weighted by molar-refractivity contribution is 5.31. The van der Waals surface area contributed by atoms with Gasteiger partial charge >= 0.3 is 0 Å². The predicted molar refractivity (Wildman–Crippen MR) is 46.6 cm³/mol. The molecule has 2 rings (SSSR count). The quantitative estimate of drug-likeness (QED) is 0.678. The van der Waals surface area contributed by atoms with Crippen LogP contribution < -0.4 is 5.73 Å². The Morgan fingerprint density at radius 1 is 1.58 bits per heavy atom. The Labute approximate surface area is 71.2 Å². The van der Waals surface area contributed by atoms with Crippen molar-refractivity contribution in [1.29, 1.82) is 0 Å². The zero-order chi connectivity index (χ0) is 8.55. The molecule has 0 aromatic carbocycles. The number of aliphatic hydroxyl groups is 1. The molecule has 1 heterocycles. The Hall–Kier alpha value is -1.09. The van der Waals surface area contributed by atoms with Gasteiger partial charge in [0.05, 0.1) is 0 Å². The van der Waals surface area contributed by atoms with E-state index in [1.807, 2.05) is 12.1 Å². The highest BCUT2D eigenvalue weighted by Crippen LogP contribution is 2.46. The highest BCUT2D eigenvalue weighted by atomic mass is 16.3. The van der Waals surface area contributed by atoms with Crippen LogP contribution in [0.2, 0.25) is 0 Å². The Morgan fingerprint density at radius 3 is 3.00 bits per heavy atom. The largest absolute Gasteiger partial charge is 0.396 e. The van der Waals surface area contributed by atoms with Gasteiger partial charge in [0, 0.05) is 18.2 Å². The molecule has 0 spiro atoms. The van der Waals surface area contributed by atoms with Crippen LogP contribution in [0.3, 0.4) is 0 Å². The molecular weight excluding hydrogens is 152 g/mol. The minimum atomic E-state index is 0.265. The summed E-state index contributed by atoms with van der Waals surface area (Å²) >= 11 is 0. The van der Waals surface area contributed by atoms with Crippen molar-refractivity contribution in [2.45, 2.75) is 12.3 Å². The van der Waals surface area contributed by atoms with Gasteiger partial charge in [-0.15, -0.1) is 0 Å². The third-order valence-corrected chi connectivity index (χ3v) is 2.33. The molecule has 3 nitrogen and oxygen atoms in total. The number of hydrogen-bond donors (Lipinski definition) is 2. The first-order chi connectivity index (χ1) is 5.81. The third-order valence-electron chi connectivity index (χ3n) is 2.33. The van der Waals surface area contributed by atoms with Crippen molar-refractivity contribution < 1.29 is 5.11 Å². The van der Waals surface area contributed by atoms with Crippen molar-refractivity contribution in [2.75, 3.05) is 12.3 Å². The first-order valence-corrected chi connectivity index (χ1v) is 4.14. The molecule has 64 valence electrons. The molecule has 3 N–H and O–H groups in total. The minimum Gasteiger partial charge on any atom is -0.396 e. The monoisotopic (exact) mass is 164 g/mol. The van der Waals surface area contributed by atoms with E-state index in [2.05, 4.69) is 4.98 Å². The van der Waals surface area contributed by atoms with Crippen molar-refractivity contribution in [2.24, 2.45) is 5.92 Å². The summed E-state index contributed by atoms with van der Waals surface area (Å²) in [6.45, 7) is 0.265. The lowest BCUT2D eigenvalue weighted by Gasteiger charge is -1.98. The Kier molecular flexibility index (Phi) is 1.73. The van der Waals surface area contributed by atoms with E-state index in [1.165, 1.54) is 0 Å². The average Bonchev–Trinajstić information content (AvgIpc) is 2.83. The van der Waals surface area contributed by atoms with Gasteiger partial charge in [0.2, 0.25) is 0 Å². The number of pyridine rings is 1. The molecule has 0 saturated heterocycles. The molecule has 3 heteroatoms. The summed E-state index contributed by atoms with van der Waals surface area (Å²) in [7, 11) is 0. The van der Waals surface area contributed by atoms with Crippen molar-refractivity contribution in [1.82, 2.24) is 4.98 Å². The maximum absolute atomic E-state index is 8.85. The number of nitrogens with two attached hydrogens (primary N) is 1. The molecule has 1 aliphatic rings. The SMILES string of the molecule is Nc1cccc([C@H]2C[C@H]2CO)n1. The normalized spacial score (nSPS) is 27.1. The Balaban J connectivity index is 2.14. The van der Waals surface area contributed by atoms with Crippen LogP contribution in [-0.2, 0) is 0 Å². The zero-order valence-electron chi connectivity index (χ0n) is 6.77.